The van der Waals surface area contributed by atoms with Crippen LogP contribution in [0.2, 0.25) is 0 Å². The topological polar surface area (TPSA) is 44.8 Å². The third kappa shape index (κ3) is 5.88. The number of rotatable bonds is 7. The van der Waals surface area contributed by atoms with Crippen molar-refractivity contribution in [2.24, 2.45) is 0 Å². The Morgan fingerprint density at radius 1 is 1.57 bits per heavy atom. The van der Waals surface area contributed by atoms with Crippen LogP contribution in [0.3, 0.4) is 0 Å². The standard InChI is InChI=1S/C9H16FO4/c1-4-12-6-8(13-5-2)14-9(11)7(3)10/h7-8H,1,4-6H2,2-3H3. The van der Waals surface area contributed by atoms with E-state index in [4.69, 9.17) is 9.47 Å². The van der Waals surface area contributed by atoms with Crippen molar-refractivity contribution in [3.8, 4) is 0 Å². The summed E-state index contributed by atoms with van der Waals surface area (Å²) >= 11 is 0. The number of esters is 1. The zero-order valence-corrected chi connectivity index (χ0v) is 8.49. The summed E-state index contributed by atoms with van der Waals surface area (Å²) in [5.74, 6) is -0.948. The molecule has 5 heteroatoms. The van der Waals surface area contributed by atoms with Crippen LogP contribution in [0.5, 0.6) is 0 Å². The first-order chi connectivity index (χ1) is 6.61. The molecule has 0 aliphatic heterocycles. The summed E-state index contributed by atoms with van der Waals surface area (Å²) in [7, 11) is 0. The molecule has 0 aliphatic rings. The number of hydrogen-bond acceptors (Lipinski definition) is 4. The lowest BCUT2D eigenvalue weighted by Gasteiger charge is -2.17. The molecule has 0 aliphatic carbocycles. The number of ether oxygens (including phenoxy) is 3. The average molecular weight is 207 g/mol. The molecule has 0 saturated heterocycles. The summed E-state index contributed by atoms with van der Waals surface area (Å²) in [4.78, 5) is 10.8. The third-order valence-electron chi connectivity index (χ3n) is 1.32. The largest absolute Gasteiger partial charge is 0.431 e. The van der Waals surface area contributed by atoms with Crippen LogP contribution in [0, 0.1) is 6.92 Å². The molecule has 0 rings (SSSR count). The van der Waals surface area contributed by atoms with Crippen molar-refractivity contribution in [2.75, 3.05) is 19.8 Å². The first kappa shape index (κ1) is 13.3. The van der Waals surface area contributed by atoms with Gasteiger partial charge in [-0.15, -0.1) is 0 Å². The van der Waals surface area contributed by atoms with Gasteiger partial charge in [0.25, 0.3) is 0 Å². The summed E-state index contributed by atoms with van der Waals surface area (Å²) < 4.78 is 27.0. The van der Waals surface area contributed by atoms with Crippen molar-refractivity contribution in [3.05, 3.63) is 6.92 Å². The minimum Gasteiger partial charge on any atom is -0.431 e. The first-order valence-corrected chi connectivity index (χ1v) is 4.45. The maximum absolute atomic E-state index is 12.4. The van der Waals surface area contributed by atoms with Crippen molar-refractivity contribution in [1.82, 2.24) is 0 Å². The minimum atomic E-state index is -1.65. The van der Waals surface area contributed by atoms with Gasteiger partial charge in [-0.25, -0.2) is 9.18 Å². The van der Waals surface area contributed by atoms with Crippen molar-refractivity contribution < 1.29 is 23.4 Å². The van der Waals surface area contributed by atoms with Crippen LogP contribution in [-0.4, -0.2) is 38.3 Å². The van der Waals surface area contributed by atoms with Crippen molar-refractivity contribution in [3.63, 3.8) is 0 Å². The van der Waals surface area contributed by atoms with Crippen LogP contribution in [0.15, 0.2) is 0 Å². The Morgan fingerprint density at radius 2 is 2.21 bits per heavy atom. The van der Waals surface area contributed by atoms with E-state index >= 15 is 0 Å². The summed E-state index contributed by atoms with van der Waals surface area (Å²) in [5, 5.41) is 0. The summed E-state index contributed by atoms with van der Waals surface area (Å²) in [5.41, 5.74) is 0. The molecule has 4 nitrogen and oxygen atoms in total. The second-order valence-electron chi connectivity index (χ2n) is 2.51. The molecular weight excluding hydrogens is 191 g/mol. The quantitative estimate of drug-likeness (QED) is 0.463. The minimum absolute atomic E-state index is 0.0653. The summed E-state index contributed by atoms with van der Waals surface area (Å²) in [6, 6.07) is 0. The fourth-order valence-corrected chi connectivity index (χ4v) is 0.705. The van der Waals surface area contributed by atoms with Gasteiger partial charge in [0.1, 0.15) is 6.61 Å². The highest BCUT2D eigenvalue weighted by Gasteiger charge is 2.19. The molecule has 0 aromatic rings. The average Bonchev–Trinajstić information content (AvgIpc) is 2.14. The van der Waals surface area contributed by atoms with Crippen LogP contribution in [0.25, 0.3) is 0 Å². The monoisotopic (exact) mass is 207 g/mol. The van der Waals surface area contributed by atoms with E-state index in [0.717, 1.165) is 6.92 Å². The van der Waals surface area contributed by atoms with Gasteiger partial charge >= 0.3 is 5.97 Å². The molecule has 0 N–H and O–H groups in total. The van der Waals surface area contributed by atoms with E-state index in [1.54, 1.807) is 6.92 Å². The Morgan fingerprint density at radius 3 is 2.64 bits per heavy atom. The lowest BCUT2D eigenvalue weighted by atomic mass is 10.4. The van der Waals surface area contributed by atoms with Gasteiger partial charge in [0, 0.05) is 13.2 Å². The Labute approximate surface area is 83.3 Å². The van der Waals surface area contributed by atoms with Gasteiger partial charge in [-0.05, 0) is 20.8 Å². The lowest BCUT2D eigenvalue weighted by Crippen LogP contribution is -2.29. The van der Waals surface area contributed by atoms with Crippen molar-refractivity contribution in [1.29, 1.82) is 0 Å². The van der Waals surface area contributed by atoms with Crippen molar-refractivity contribution in [2.45, 2.75) is 26.3 Å². The molecule has 0 amide bonds. The number of carbonyl (C=O) groups excluding carboxylic acids is 1. The maximum Gasteiger partial charge on any atom is 0.342 e. The summed E-state index contributed by atoms with van der Waals surface area (Å²) in [6.45, 7) is 6.95. The number of halogens is 1. The van der Waals surface area contributed by atoms with Gasteiger partial charge in [-0.2, -0.15) is 0 Å². The van der Waals surface area contributed by atoms with E-state index in [1.165, 1.54) is 0 Å². The molecule has 0 spiro atoms. The van der Waals surface area contributed by atoms with Gasteiger partial charge in [-0.1, -0.05) is 0 Å². The van der Waals surface area contributed by atoms with Crippen LogP contribution in [0.1, 0.15) is 13.8 Å². The van der Waals surface area contributed by atoms with E-state index in [9.17, 15) is 9.18 Å². The van der Waals surface area contributed by atoms with E-state index < -0.39 is 18.4 Å². The molecule has 14 heavy (non-hydrogen) atoms. The molecule has 2 unspecified atom stereocenters. The van der Waals surface area contributed by atoms with E-state index in [2.05, 4.69) is 11.7 Å². The predicted octanol–water partition coefficient (Wildman–Crippen LogP) is 1.10. The Hall–Kier alpha value is -0.680. The normalized spacial score (nSPS) is 14.9. The third-order valence-corrected chi connectivity index (χ3v) is 1.32. The van der Waals surface area contributed by atoms with Crippen LogP contribution in [-0.2, 0) is 19.0 Å². The highest BCUT2D eigenvalue weighted by molar-refractivity contribution is 5.74. The van der Waals surface area contributed by atoms with Gasteiger partial charge in [0.15, 0.2) is 6.17 Å². The molecule has 0 bridgehead atoms. The second-order valence-corrected chi connectivity index (χ2v) is 2.51. The van der Waals surface area contributed by atoms with Crippen LogP contribution >= 0.6 is 0 Å². The number of alkyl halides is 1. The molecule has 2 atom stereocenters. The fraction of sp³-hybridized carbons (Fsp3) is 0.778. The lowest BCUT2D eigenvalue weighted by molar-refractivity contribution is -0.193. The van der Waals surface area contributed by atoms with Crippen molar-refractivity contribution >= 4 is 5.97 Å². The molecular formula is C9H16FO4. The smallest absolute Gasteiger partial charge is 0.342 e. The van der Waals surface area contributed by atoms with E-state index in [0.29, 0.717) is 6.61 Å². The predicted molar refractivity (Wildman–Crippen MR) is 48.3 cm³/mol. The fourth-order valence-electron chi connectivity index (χ4n) is 0.705. The maximum atomic E-state index is 12.4. The van der Waals surface area contributed by atoms with Gasteiger partial charge in [-0.3, -0.25) is 0 Å². The Balaban J connectivity index is 3.88. The Bertz CT molecular complexity index is 161. The van der Waals surface area contributed by atoms with E-state index in [1.807, 2.05) is 0 Å². The molecule has 1 radical (unpaired) electrons. The molecule has 0 heterocycles. The highest BCUT2D eigenvalue weighted by Crippen LogP contribution is 2.01. The number of carbonyl (C=O) groups is 1. The van der Waals surface area contributed by atoms with Gasteiger partial charge < -0.3 is 14.2 Å². The highest BCUT2D eigenvalue weighted by atomic mass is 19.1. The summed E-state index contributed by atoms with van der Waals surface area (Å²) in [6.07, 6.45) is -2.51. The number of hydrogen-bond donors (Lipinski definition) is 0. The molecule has 0 saturated carbocycles. The zero-order chi connectivity index (χ0) is 11.0. The molecule has 83 valence electrons. The van der Waals surface area contributed by atoms with Crippen LogP contribution < -0.4 is 0 Å². The molecule has 0 fully saturated rings. The van der Waals surface area contributed by atoms with Crippen LogP contribution in [0.4, 0.5) is 4.39 Å². The molecule has 0 aromatic heterocycles. The van der Waals surface area contributed by atoms with Gasteiger partial charge in [0.2, 0.25) is 6.29 Å². The van der Waals surface area contributed by atoms with E-state index in [-0.39, 0.29) is 13.2 Å². The van der Waals surface area contributed by atoms with Gasteiger partial charge in [0.05, 0.1) is 0 Å². The molecule has 0 aromatic carbocycles. The zero-order valence-electron chi connectivity index (χ0n) is 8.49. The Kier molecular flexibility index (Phi) is 7.32. The SMILES string of the molecule is [CH2]COCC(OCC)OC(=O)C(C)F. The first-order valence-electron chi connectivity index (χ1n) is 4.45. The second kappa shape index (κ2) is 7.70.